The minimum Gasteiger partial charge on any atom is -0.508 e. The van der Waals surface area contributed by atoms with Crippen LogP contribution in [0.5, 0.6) is 5.75 Å². The Bertz CT molecular complexity index is 1540. The van der Waals surface area contributed by atoms with E-state index < -0.39 is 10.0 Å². The average molecular weight is 440 g/mol. The Hall–Kier alpha value is -3.83. The second kappa shape index (κ2) is 8.02. The highest BCUT2D eigenvalue weighted by atomic mass is 32.2. The van der Waals surface area contributed by atoms with Gasteiger partial charge in [0.15, 0.2) is 0 Å². The van der Waals surface area contributed by atoms with Crippen LogP contribution >= 0.6 is 0 Å². The predicted octanol–water partition coefficient (Wildman–Crippen LogP) is 6.09. The van der Waals surface area contributed by atoms with Crippen molar-refractivity contribution in [1.29, 1.82) is 0 Å². The van der Waals surface area contributed by atoms with Crippen LogP contribution in [0.4, 0.5) is 5.69 Å². The number of phenolic OH excluding ortho intramolecular Hbond substituents is 1. The fraction of sp³-hybridized carbons (Fsp3) is 0.0370. The molecule has 0 aromatic heterocycles. The Kier molecular flexibility index (Phi) is 5.04. The number of benzene rings is 5. The third-order valence-electron chi connectivity index (χ3n) is 5.71. The molecule has 0 aliphatic rings. The van der Waals surface area contributed by atoms with Gasteiger partial charge in [0.2, 0.25) is 0 Å². The summed E-state index contributed by atoms with van der Waals surface area (Å²) in [4.78, 5) is 0.201. The first-order valence-corrected chi connectivity index (χ1v) is 11.8. The summed E-state index contributed by atoms with van der Waals surface area (Å²) in [5.74, 6) is 0.188. The molecule has 5 rings (SSSR count). The molecule has 0 aliphatic heterocycles. The summed E-state index contributed by atoms with van der Waals surface area (Å²) in [7, 11) is -3.76. The van der Waals surface area contributed by atoms with Gasteiger partial charge in [0.25, 0.3) is 10.0 Å². The summed E-state index contributed by atoms with van der Waals surface area (Å²) in [6.45, 7) is 0. The molecule has 0 fully saturated rings. The van der Waals surface area contributed by atoms with Gasteiger partial charge in [-0.25, -0.2) is 8.42 Å². The van der Waals surface area contributed by atoms with Crippen LogP contribution in [-0.4, -0.2) is 13.5 Å². The van der Waals surface area contributed by atoms with E-state index in [0.717, 1.165) is 32.7 Å². The zero-order valence-corrected chi connectivity index (χ0v) is 18.0. The highest BCUT2D eigenvalue weighted by molar-refractivity contribution is 7.92. The fourth-order valence-corrected chi connectivity index (χ4v) is 5.23. The van der Waals surface area contributed by atoms with E-state index in [0.29, 0.717) is 12.1 Å². The first-order valence-electron chi connectivity index (χ1n) is 10.3. The standard InChI is InChI=1S/C27H21NO3S/c29-27-17-15-20-9-5-7-13-23(20)25(27)18-24-22-12-6-4-8-19(22)14-16-26(24)28-32(30,31)21-10-2-1-3-11-21/h1-17,28-29H,18H2. The maximum absolute atomic E-state index is 13.1. The van der Waals surface area contributed by atoms with Crippen LogP contribution in [0.2, 0.25) is 0 Å². The molecule has 32 heavy (non-hydrogen) atoms. The van der Waals surface area contributed by atoms with Crippen molar-refractivity contribution in [1.82, 2.24) is 0 Å². The molecule has 2 N–H and O–H groups in total. The average Bonchev–Trinajstić information content (AvgIpc) is 2.82. The molecule has 5 aromatic carbocycles. The van der Waals surface area contributed by atoms with Crippen molar-refractivity contribution in [3.63, 3.8) is 0 Å². The normalized spacial score (nSPS) is 11.6. The van der Waals surface area contributed by atoms with Crippen molar-refractivity contribution in [2.45, 2.75) is 11.3 Å². The number of hydrogen-bond acceptors (Lipinski definition) is 3. The number of rotatable bonds is 5. The summed E-state index contributed by atoms with van der Waals surface area (Å²) >= 11 is 0. The van der Waals surface area contributed by atoms with Crippen molar-refractivity contribution >= 4 is 37.3 Å². The molecule has 0 heterocycles. The van der Waals surface area contributed by atoms with Crippen LogP contribution < -0.4 is 4.72 Å². The lowest BCUT2D eigenvalue weighted by Crippen LogP contribution is -2.14. The minimum absolute atomic E-state index is 0.188. The van der Waals surface area contributed by atoms with Gasteiger partial charge < -0.3 is 5.11 Å². The third-order valence-corrected chi connectivity index (χ3v) is 7.09. The Morgan fingerprint density at radius 1 is 0.625 bits per heavy atom. The first-order chi connectivity index (χ1) is 15.5. The van der Waals surface area contributed by atoms with Crippen molar-refractivity contribution in [3.8, 4) is 5.75 Å². The fourth-order valence-electron chi connectivity index (χ4n) is 4.11. The van der Waals surface area contributed by atoms with Gasteiger partial charge in [0.05, 0.1) is 10.6 Å². The Labute approximate surface area is 186 Å². The molecule has 0 saturated carbocycles. The highest BCUT2D eigenvalue weighted by Crippen LogP contribution is 2.35. The molecular weight excluding hydrogens is 418 g/mol. The van der Waals surface area contributed by atoms with Crippen LogP contribution in [0.25, 0.3) is 21.5 Å². The summed E-state index contributed by atoms with van der Waals surface area (Å²) in [5, 5.41) is 14.6. The molecule has 0 atom stereocenters. The van der Waals surface area contributed by atoms with E-state index in [1.54, 1.807) is 42.5 Å². The molecular formula is C27H21NO3S. The van der Waals surface area contributed by atoms with Gasteiger partial charge in [-0.3, -0.25) is 4.72 Å². The Balaban J connectivity index is 1.68. The van der Waals surface area contributed by atoms with Crippen molar-refractivity contribution in [3.05, 3.63) is 114 Å². The molecule has 5 aromatic rings. The molecule has 0 amide bonds. The van der Waals surface area contributed by atoms with Gasteiger partial charge in [-0.05, 0) is 51.4 Å². The number of nitrogens with one attached hydrogen (secondary N) is 1. The third kappa shape index (κ3) is 3.67. The van der Waals surface area contributed by atoms with E-state index in [4.69, 9.17) is 0 Å². The zero-order chi connectivity index (χ0) is 22.1. The Morgan fingerprint density at radius 3 is 1.88 bits per heavy atom. The predicted molar refractivity (Wildman–Crippen MR) is 130 cm³/mol. The van der Waals surface area contributed by atoms with E-state index in [2.05, 4.69) is 4.72 Å². The first kappa shape index (κ1) is 20.1. The summed E-state index contributed by atoms with van der Waals surface area (Å²) < 4.78 is 28.9. The number of anilines is 1. The molecule has 158 valence electrons. The quantitative estimate of drug-likeness (QED) is 0.348. The van der Waals surface area contributed by atoms with Crippen molar-refractivity contribution < 1.29 is 13.5 Å². The lowest BCUT2D eigenvalue weighted by molar-refractivity contribution is 0.470. The molecule has 0 bridgehead atoms. The maximum atomic E-state index is 13.1. The van der Waals surface area contributed by atoms with Crippen LogP contribution in [0.15, 0.2) is 108 Å². The SMILES string of the molecule is O=S(=O)(Nc1ccc2ccccc2c1Cc1c(O)ccc2ccccc12)c1ccccc1. The van der Waals surface area contributed by atoms with Gasteiger partial charge >= 0.3 is 0 Å². The minimum atomic E-state index is -3.76. The van der Waals surface area contributed by atoms with E-state index >= 15 is 0 Å². The maximum Gasteiger partial charge on any atom is 0.261 e. The molecule has 5 heteroatoms. The van der Waals surface area contributed by atoms with Crippen molar-refractivity contribution in [2.24, 2.45) is 0 Å². The number of phenols is 1. The molecule has 0 radical (unpaired) electrons. The number of aromatic hydroxyl groups is 1. The van der Waals surface area contributed by atoms with Crippen LogP contribution in [-0.2, 0) is 16.4 Å². The van der Waals surface area contributed by atoms with Crippen LogP contribution in [0.3, 0.4) is 0 Å². The van der Waals surface area contributed by atoms with Gasteiger partial charge in [0, 0.05) is 12.0 Å². The largest absolute Gasteiger partial charge is 0.508 e. The topological polar surface area (TPSA) is 66.4 Å². The number of sulfonamides is 1. The second-order valence-electron chi connectivity index (χ2n) is 7.69. The number of fused-ring (bicyclic) bond motifs is 2. The van der Waals surface area contributed by atoms with Crippen LogP contribution in [0, 0.1) is 0 Å². The van der Waals surface area contributed by atoms with E-state index in [-0.39, 0.29) is 10.6 Å². The van der Waals surface area contributed by atoms with Crippen LogP contribution in [0.1, 0.15) is 11.1 Å². The molecule has 0 saturated heterocycles. The van der Waals surface area contributed by atoms with E-state index in [1.807, 2.05) is 60.7 Å². The van der Waals surface area contributed by atoms with Gasteiger partial charge in [0.1, 0.15) is 5.75 Å². The second-order valence-corrected chi connectivity index (χ2v) is 9.37. The smallest absolute Gasteiger partial charge is 0.261 e. The Morgan fingerprint density at radius 2 is 1.19 bits per heavy atom. The summed E-state index contributed by atoms with van der Waals surface area (Å²) in [5.41, 5.74) is 2.08. The summed E-state index contributed by atoms with van der Waals surface area (Å²) in [6, 6.07) is 31.3. The number of hydrogen-bond donors (Lipinski definition) is 2. The molecule has 0 aliphatic carbocycles. The summed E-state index contributed by atoms with van der Waals surface area (Å²) in [6.07, 6.45) is 0.376. The lowest BCUT2D eigenvalue weighted by atomic mass is 9.93. The van der Waals surface area contributed by atoms with Gasteiger partial charge in [-0.1, -0.05) is 78.9 Å². The zero-order valence-electron chi connectivity index (χ0n) is 17.2. The monoisotopic (exact) mass is 439 g/mol. The molecule has 0 unspecified atom stereocenters. The van der Waals surface area contributed by atoms with Gasteiger partial charge in [-0.15, -0.1) is 0 Å². The van der Waals surface area contributed by atoms with E-state index in [9.17, 15) is 13.5 Å². The molecule has 4 nitrogen and oxygen atoms in total. The van der Waals surface area contributed by atoms with Crippen molar-refractivity contribution in [2.75, 3.05) is 4.72 Å². The highest BCUT2D eigenvalue weighted by Gasteiger charge is 2.19. The molecule has 0 spiro atoms. The van der Waals surface area contributed by atoms with Gasteiger partial charge in [-0.2, -0.15) is 0 Å². The van der Waals surface area contributed by atoms with E-state index in [1.165, 1.54) is 0 Å². The lowest BCUT2D eigenvalue weighted by Gasteiger charge is -2.17.